The van der Waals surface area contributed by atoms with E-state index in [4.69, 9.17) is 25.5 Å². The average Bonchev–Trinajstić information content (AvgIpc) is 3.23. The summed E-state index contributed by atoms with van der Waals surface area (Å²) in [6.07, 6.45) is 1.53. The molecule has 0 saturated heterocycles. The first-order valence-corrected chi connectivity index (χ1v) is 12.3. The molecule has 1 N–H and O–H groups in total. The minimum atomic E-state index is -0.452. The molecule has 0 aliphatic carbocycles. The Balaban J connectivity index is 1.39. The van der Waals surface area contributed by atoms with Gasteiger partial charge >= 0.3 is 5.91 Å². The van der Waals surface area contributed by atoms with Crippen LogP contribution in [-0.4, -0.2) is 18.7 Å². The summed E-state index contributed by atoms with van der Waals surface area (Å²) in [5, 5.41) is 5.50. The van der Waals surface area contributed by atoms with E-state index in [0.717, 1.165) is 31.2 Å². The van der Waals surface area contributed by atoms with Crippen LogP contribution in [0.3, 0.4) is 0 Å². The normalized spacial score (nSPS) is 11.2. The molecule has 6 nitrogen and oxygen atoms in total. The lowest BCUT2D eigenvalue weighted by Crippen LogP contribution is -2.16. The SMILES string of the molecule is CCOc1ccc2oc(C(=O)N/N=C/c3cc(Br)c(OCc4ccc(Cl)cc4)c(Br)c3)cc2c1. The second-order valence-electron chi connectivity index (χ2n) is 7.17. The number of hydrazone groups is 1. The van der Waals surface area contributed by atoms with E-state index in [-0.39, 0.29) is 5.76 Å². The van der Waals surface area contributed by atoms with Gasteiger partial charge in [0.25, 0.3) is 0 Å². The Morgan fingerprint density at radius 3 is 2.50 bits per heavy atom. The maximum atomic E-state index is 12.4. The second-order valence-corrected chi connectivity index (χ2v) is 9.32. The number of ether oxygens (including phenoxy) is 2. The summed E-state index contributed by atoms with van der Waals surface area (Å²) in [7, 11) is 0. The molecule has 1 amide bonds. The number of hydrogen-bond acceptors (Lipinski definition) is 5. The van der Waals surface area contributed by atoms with Gasteiger partial charge in [-0.2, -0.15) is 5.10 Å². The highest BCUT2D eigenvalue weighted by Crippen LogP contribution is 2.35. The number of hydrogen-bond donors (Lipinski definition) is 1. The Hall–Kier alpha value is -2.81. The van der Waals surface area contributed by atoms with Crippen LogP contribution >= 0.6 is 43.5 Å². The first-order chi connectivity index (χ1) is 16.4. The fourth-order valence-electron chi connectivity index (χ4n) is 3.14. The summed E-state index contributed by atoms with van der Waals surface area (Å²) in [4.78, 5) is 12.4. The molecule has 0 radical (unpaired) electrons. The summed E-state index contributed by atoms with van der Waals surface area (Å²) in [5.74, 6) is 1.09. The van der Waals surface area contributed by atoms with Gasteiger partial charge in [0.05, 0.1) is 21.8 Å². The van der Waals surface area contributed by atoms with Crippen molar-refractivity contribution in [3.63, 3.8) is 0 Å². The van der Waals surface area contributed by atoms with Crippen LogP contribution in [0.4, 0.5) is 0 Å². The molecule has 9 heteroatoms. The van der Waals surface area contributed by atoms with Crippen LogP contribution in [0, 0.1) is 0 Å². The predicted molar refractivity (Wildman–Crippen MR) is 140 cm³/mol. The first-order valence-electron chi connectivity index (χ1n) is 10.3. The maximum Gasteiger partial charge on any atom is 0.307 e. The number of furan rings is 1. The van der Waals surface area contributed by atoms with E-state index in [0.29, 0.717) is 29.6 Å². The fourth-order valence-corrected chi connectivity index (χ4v) is 4.72. The second kappa shape index (κ2) is 11.1. The number of amides is 1. The van der Waals surface area contributed by atoms with Gasteiger partial charge in [-0.3, -0.25) is 4.79 Å². The summed E-state index contributed by atoms with van der Waals surface area (Å²) >= 11 is 13.0. The third-order valence-corrected chi connectivity index (χ3v) is 6.15. The predicted octanol–water partition coefficient (Wildman–Crippen LogP) is 7.35. The number of fused-ring (bicyclic) bond motifs is 1. The fraction of sp³-hybridized carbons (Fsp3) is 0.120. The summed E-state index contributed by atoms with van der Waals surface area (Å²) in [6, 6.07) is 18.2. The topological polar surface area (TPSA) is 73.1 Å². The molecule has 1 heterocycles. The van der Waals surface area contributed by atoms with Crippen LogP contribution in [0.25, 0.3) is 11.0 Å². The minimum Gasteiger partial charge on any atom is -0.494 e. The number of carbonyl (C=O) groups is 1. The van der Waals surface area contributed by atoms with Crippen LogP contribution < -0.4 is 14.9 Å². The highest BCUT2D eigenvalue weighted by atomic mass is 79.9. The molecule has 0 aliphatic heterocycles. The number of rotatable bonds is 8. The van der Waals surface area contributed by atoms with Gasteiger partial charge in [-0.05, 0) is 98.4 Å². The number of nitrogens with zero attached hydrogens (tertiary/aromatic N) is 1. The lowest BCUT2D eigenvalue weighted by atomic mass is 10.2. The third-order valence-electron chi connectivity index (χ3n) is 4.72. The Morgan fingerprint density at radius 2 is 1.79 bits per heavy atom. The van der Waals surface area contributed by atoms with E-state index >= 15 is 0 Å². The molecule has 4 rings (SSSR count). The van der Waals surface area contributed by atoms with Crippen LogP contribution in [0.2, 0.25) is 5.02 Å². The Labute approximate surface area is 218 Å². The van der Waals surface area contributed by atoms with Gasteiger partial charge in [0.1, 0.15) is 23.7 Å². The molecule has 0 atom stereocenters. The van der Waals surface area contributed by atoms with Gasteiger partial charge in [-0.25, -0.2) is 5.43 Å². The van der Waals surface area contributed by atoms with Crippen molar-refractivity contribution in [2.75, 3.05) is 6.61 Å². The van der Waals surface area contributed by atoms with Gasteiger partial charge in [0.2, 0.25) is 0 Å². The lowest BCUT2D eigenvalue weighted by molar-refractivity contribution is 0.0929. The third kappa shape index (κ3) is 6.00. The van der Waals surface area contributed by atoms with E-state index in [1.807, 2.05) is 49.4 Å². The Morgan fingerprint density at radius 1 is 1.06 bits per heavy atom. The molecule has 34 heavy (non-hydrogen) atoms. The Bertz CT molecular complexity index is 1330. The van der Waals surface area contributed by atoms with Gasteiger partial charge in [-0.1, -0.05) is 23.7 Å². The highest BCUT2D eigenvalue weighted by Gasteiger charge is 2.13. The molecule has 3 aromatic carbocycles. The molecule has 4 aromatic rings. The molecule has 0 spiro atoms. The van der Waals surface area contributed by atoms with Gasteiger partial charge in [0, 0.05) is 10.4 Å². The van der Waals surface area contributed by atoms with E-state index < -0.39 is 5.91 Å². The monoisotopic (exact) mass is 604 g/mol. The quantitative estimate of drug-likeness (QED) is 0.168. The van der Waals surface area contributed by atoms with Crippen LogP contribution in [-0.2, 0) is 6.61 Å². The molecular weight excluding hydrogens is 588 g/mol. The van der Waals surface area contributed by atoms with E-state index in [1.165, 1.54) is 6.21 Å². The molecule has 174 valence electrons. The van der Waals surface area contributed by atoms with E-state index in [1.54, 1.807) is 18.2 Å². The lowest BCUT2D eigenvalue weighted by Gasteiger charge is -2.11. The van der Waals surface area contributed by atoms with Crippen molar-refractivity contribution < 1.29 is 18.7 Å². The zero-order valence-corrected chi connectivity index (χ0v) is 21.9. The van der Waals surface area contributed by atoms with Crippen molar-refractivity contribution in [1.82, 2.24) is 5.43 Å². The smallest absolute Gasteiger partial charge is 0.307 e. The van der Waals surface area contributed by atoms with Crippen LogP contribution in [0.15, 0.2) is 79.1 Å². The standard InChI is InChI=1S/C25H19Br2ClN2O4/c1-2-32-19-7-8-22-17(11-19)12-23(34-22)25(31)30-29-13-16-9-20(26)24(21(27)10-16)33-14-15-3-5-18(28)6-4-15/h3-13H,2,14H2,1H3,(H,30,31)/b29-13+. The number of carbonyl (C=O) groups excluding carboxylic acids is 1. The highest BCUT2D eigenvalue weighted by molar-refractivity contribution is 9.11. The Kier molecular flexibility index (Phi) is 7.92. The van der Waals surface area contributed by atoms with Crippen molar-refractivity contribution in [3.8, 4) is 11.5 Å². The van der Waals surface area contributed by atoms with Crippen molar-refractivity contribution in [3.05, 3.63) is 91.5 Å². The molecule has 0 unspecified atom stereocenters. The summed E-state index contributed by atoms with van der Waals surface area (Å²) < 4.78 is 18.5. The number of halogens is 3. The molecule has 1 aromatic heterocycles. The average molecular weight is 607 g/mol. The minimum absolute atomic E-state index is 0.161. The molecular formula is C25H19Br2ClN2O4. The maximum absolute atomic E-state index is 12.4. The van der Waals surface area contributed by atoms with Crippen molar-refractivity contribution in [2.24, 2.45) is 5.10 Å². The van der Waals surface area contributed by atoms with Crippen LogP contribution in [0.1, 0.15) is 28.6 Å². The van der Waals surface area contributed by atoms with Gasteiger partial charge < -0.3 is 13.9 Å². The number of nitrogens with one attached hydrogen (secondary N) is 1. The van der Waals surface area contributed by atoms with Crippen molar-refractivity contribution >= 4 is 66.6 Å². The summed E-state index contributed by atoms with van der Waals surface area (Å²) in [5.41, 5.74) is 4.83. The van der Waals surface area contributed by atoms with Crippen LogP contribution in [0.5, 0.6) is 11.5 Å². The molecule has 0 aliphatic rings. The van der Waals surface area contributed by atoms with Crippen molar-refractivity contribution in [1.29, 1.82) is 0 Å². The molecule has 0 fully saturated rings. The van der Waals surface area contributed by atoms with Gasteiger partial charge in [0.15, 0.2) is 5.76 Å². The van der Waals surface area contributed by atoms with Gasteiger partial charge in [-0.15, -0.1) is 0 Å². The zero-order chi connectivity index (χ0) is 24.1. The molecule has 0 bridgehead atoms. The van der Waals surface area contributed by atoms with E-state index in [9.17, 15) is 4.79 Å². The summed E-state index contributed by atoms with van der Waals surface area (Å²) in [6.45, 7) is 2.87. The largest absolute Gasteiger partial charge is 0.494 e. The van der Waals surface area contributed by atoms with E-state index in [2.05, 4.69) is 42.4 Å². The van der Waals surface area contributed by atoms with Crippen molar-refractivity contribution in [2.45, 2.75) is 13.5 Å². The number of benzene rings is 3. The first kappa shape index (κ1) is 24.3. The molecule has 0 saturated carbocycles. The zero-order valence-electron chi connectivity index (χ0n) is 18.0.